The van der Waals surface area contributed by atoms with Gasteiger partial charge in [0.1, 0.15) is 11.6 Å². The fourth-order valence-corrected chi connectivity index (χ4v) is 2.67. The van der Waals surface area contributed by atoms with E-state index in [0.717, 1.165) is 22.4 Å². The monoisotopic (exact) mass is 379 g/mol. The lowest BCUT2D eigenvalue weighted by Crippen LogP contribution is -2.28. The lowest BCUT2D eigenvalue weighted by molar-refractivity contribution is -0.117. The van der Waals surface area contributed by atoms with Crippen molar-refractivity contribution in [3.63, 3.8) is 0 Å². The van der Waals surface area contributed by atoms with Gasteiger partial charge in [-0.2, -0.15) is 5.26 Å². The molecule has 1 unspecified atom stereocenters. The van der Waals surface area contributed by atoms with E-state index in [1.54, 1.807) is 26.4 Å². The Morgan fingerprint density at radius 2 is 1.82 bits per heavy atom. The quantitative estimate of drug-likeness (QED) is 0.561. The van der Waals surface area contributed by atoms with Crippen LogP contribution in [0.5, 0.6) is 11.5 Å². The summed E-state index contributed by atoms with van der Waals surface area (Å²) >= 11 is 0. The van der Waals surface area contributed by atoms with Crippen LogP contribution in [-0.2, 0) is 4.79 Å². The number of nitriles is 1. The molecule has 0 fully saturated rings. The maximum Gasteiger partial charge on any atom is 0.263 e. The smallest absolute Gasteiger partial charge is 0.263 e. The number of amides is 1. The highest BCUT2D eigenvalue weighted by Crippen LogP contribution is 2.30. The van der Waals surface area contributed by atoms with Gasteiger partial charge in [-0.1, -0.05) is 18.2 Å². The lowest BCUT2D eigenvalue weighted by Gasteiger charge is -2.16. The van der Waals surface area contributed by atoms with Crippen LogP contribution in [0, 0.1) is 25.2 Å². The van der Waals surface area contributed by atoms with Crippen LogP contribution in [0.15, 0.2) is 48.2 Å². The summed E-state index contributed by atoms with van der Waals surface area (Å²) < 4.78 is 10.5. The predicted molar refractivity (Wildman–Crippen MR) is 109 cm³/mol. The second-order valence-corrected chi connectivity index (χ2v) is 6.44. The largest absolute Gasteiger partial charge is 0.493 e. The van der Waals surface area contributed by atoms with Crippen LogP contribution in [0.4, 0.5) is 5.69 Å². The van der Waals surface area contributed by atoms with Crippen LogP contribution in [0.25, 0.3) is 0 Å². The third-order valence-corrected chi connectivity index (χ3v) is 4.39. The molecule has 0 aliphatic heterocycles. The Kier molecular flexibility index (Phi) is 7.05. The molecular weight excluding hydrogens is 354 g/mol. The number of carbonyl (C=O) groups excluding carboxylic acids is 1. The Morgan fingerprint density at radius 3 is 2.46 bits per heavy atom. The van der Waals surface area contributed by atoms with Crippen molar-refractivity contribution in [3.05, 3.63) is 64.9 Å². The molecule has 0 bridgehead atoms. The summed E-state index contributed by atoms with van der Waals surface area (Å²) in [6.07, 6.45) is 1.43. The fraction of sp³-hybridized carbons (Fsp3) is 0.273. The number of aryl methyl sites for hydroxylation is 2. The number of benzene rings is 2. The predicted octanol–water partition coefficient (Wildman–Crippen LogP) is 4.02. The van der Waals surface area contributed by atoms with Gasteiger partial charge in [0.2, 0.25) is 0 Å². The van der Waals surface area contributed by atoms with Gasteiger partial charge >= 0.3 is 0 Å². The molecule has 6 heteroatoms. The second kappa shape index (κ2) is 9.47. The van der Waals surface area contributed by atoms with E-state index in [4.69, 9.17) is 9.47 Å². The number of nitrogens with one attached hydrogen (secondary N) is 2. The summed E-state index contributed by atoms with van der Waals surface area (Å²) in [5, 5.41) is 15.3. The standard InChI is InChI=1S/C22H25N3O3/c1-14-6-7-15(2)19(10-14)24-13-18(12-23)22(26)25-16(3)17-8-9-20(27-4)21(11-17)28-5/h6-11,13,16,24H,1-5H3,(H,25,26)/b18-13-. The Labute approximate surface area is 165 Å². The molecule has 2 rings (SSSR count). The SMILES string of the molecule is COc1ccc(C(C)NC(=O)/C(C#N)=C\Nc2cc(C)ccc2C)cc1OC. The molecule has 1 atom stereocenters. The van der Waals surface area contributed by atoms with Gasteiger partial charge in [-0.15, -0.1) is 0 Å². The van der Waals surface area contributed by atoms with Gasteiger partial charge in [-0.25, -0.2) is 0 Å². The Balaban J connectivity index is 2.13. The highest BCUT2D eigenvalue weighted by molar-refractivity contribution is 5.97. The zero-order chi connectivity index (χ0) is 20.7. The van der Waals surface area contributed by atoms with E-state index < -0.39 is 5.91 Å². The topological polar surface area (TPSA) is 83.4 Å². The Bertz CT molecular complexity index is 929. The minimum absolute atomic E-state index is 0.00627. The number of ether oxygens (including phenoxy) is 2. The van der Waals surface area contributed by atoms with Crippen molar-refractivity contribution in [1.29, 1.82) is 5.26 Å². The van der Waals surface area contributed by atoms with Crippen LogP contribution >= 0.6 is 0 Å². The van der Waals surface area contributed by atoms with Crippen molar-refractivity contribution in [2.45, 2.75) is 26.8 Å². The summed E-state index contributed by atoms with van der Waals surface area (Å²) in [5.74, 6) is 0.733. The van der Waals surface area contributed by atoms with Crippen molar-refractivity contribution in [2.75, 3.05) is 19.5 Å². The molecule has 0 aliphatic rings. The molecule has 0 saturated carbocycles. The first-order valence-corrected chi connectivity index (χ1v) is 8.86. The number of rotatable bonds is 7. The Hall–Kier alpha value is -3.46. The fourth-order valence-electron chi connectivity index (χ4n) is 2.67. The summed E-state index contributed by atoms with van der Waals surface area (Å²) in [6, 6.07) is 13.0. The molecule has 0 aromatic heterocycles. The molecule has 2 N–H and O–H groups in total. The van der Waals surface area contributed by atoms with E-state index in [2.05, 4.69) is 10.6 Å². The van der Waals surface area contributed by atoms with Crippen LogP contribution < -0.4 is 20.1 Å². The molecule has 2 aromatic rings. The summed E-state index contributed by atoms with van der Waals surface area (Å²) in [6.45, 7) is 5.78. The summed E-state index contributed by atoms with van der Waals surface area (Å²) in [5.41, 5.74) is 3.80. The molecule has 0 radical (unpaired) electrons. The molecule has 1 amide bonds. The second-order valence-electron chi connectivity index (χ2n) is 6.44. The molecule has 0 spiro atoms. The van der Waals surface area contributed by atoms with Crippen LogP contribution in [0.2, 0.25) is 0 Å². The van der Waals surface area contributed by atoms with Gasteiger partial charge in [0.05, 0.1) is 20.3 Å². The summed E-state index contributed by atoms with van der Waals surface area (Å²) in [4.78, 5) is 12.5. The van der Waals surface area contributed by atoms with Crippen molar-refractivity contribution < 1.29 is 14.3 Å². The number of anilines is 1. The number of methoxy groups -OCH3 is 2. The highest BCUT2D eigenvalue weighted by atomic mass is 16.5. The zero-order valence-electron chi connectivity index (χ0n) is 16.8. The molecule has 0 aliphatic carbocycles. The molecule has 28 heavy (non-hydrogen) atoms. The van der Waals surface area contributed by atoms with Gasteiger partial charge in [-0.3, -0.25) is 4.79 Å². The number of hydrogen-bond acceptors (Lipinski definition) is 5. The van der Waals surface area contributed by atoms with E-state index in [1.807, 2.05) is 51.1 Å². The Morgan fingerprint density at radius 1 is 1.11 bits per heavy atom. The molecular formula is C22H25N3O3. The van der Waals surface area contributed by atoms with E-state index in [-0.39, 0.29) is 11.6 Å². The van der Waals surface area contributed by atoms with Crippen molar-refractivity contribution >= 4 is 11.6 Å². The highest BCUT2D eigenvalue weighted by Gasteiger charge is 2.15. The van der Waals surface area contributed by atoms with Gasteiger partial charge in [0.25, 0.3) is 5.91 Å². The van der Waals surface area contributed by atoms with E-state index in [9.17, 15) is 10.1 Å². The van der Waals surface area contributed by atoms with Gasteiger partial charge < -0.3 is 20.1 Å². The maximum absolute atomic E-state index is 12.5. The molecule has 0 heterocycles. The molecule has 6 nitrogen and oxygen atoms in total. The minimum atomic E-state index is -0.456. The van der Waals surface area contributed by atoms with Crippen LogP contribution in [-0.4, -0.2) is 20.1 Å². The number of nitrogens with zero attached hydrogens (tertiary/aromatic N) is 1. The maximum atomic E-state index is 12.5. The van der Waals surface area contributed by atoms with Gasteiger partial charge in [0, 0.05) is 11.9 Å². The van der Waals surface area contributed by atoms with Crippen LogP contribution in [0.3, 0.4) is 0 Å². The first kappa shape index (κ1) is 20.8. The third-order valence-electron chi connectivity index (χ3n) is 4.39. The summed E-state index contributed by atoms with van der Waals surface area (Å²) in [7, 11) is 3.12. The first-order valence-electron chi connectivity index (χ1n) is 8.86. The average molecular weight is 379 g/mol. The molecule has 2 aromatic carbocycles. The van der Waals surface area contributed by atoms with Crippen molar-refractivity contribution in [2.24, 2.45) is 0 Å². The van der Waals surface area contributed by atoms with Crippen molar-refractivity contribution in [1.82, 2.24) is 5.32 Å². The average Bonchev–Trinajstić information content (AvgIpc) is 2.70. The third kappa shape index (κ3) is 5.04. The van der Waals surface area contributed by atoms with E-state index >= 15 is 0 Å². The normalized spacial score (nSPS) is 11.9. The van der Waals surface area contributed by atoms with Crippen LogP contribution in [0.1, 0.15) is 29.7 Å². The lowest BCUT2D eigenvalue weighted by atomic mass is 10.1. The minimum Gasteiger partial charge on any atom is -0.493 e. The van der Waals surface area contributed by atoms with Gasteiger partial charge in [-0.05, 0) is 55.7 Å². The number of carbonyl (C=O) groups is 1. The first-order chi connectivity index (χ1) is 13.4. The molecule has 146 valence electrons. The van der Waals surface area contributed by atoms with E-state index in [0.29, 0.717) is 11.5 Å². The van der Waals surface area contributed by atoms with E-state index in [1.165, 1.54) is 6.20 Å². The number of hydrogen-bond donors (Lipinski definition) is 2. The van der Waals surface area contributed by atoms with Crippen molar-refractivity contribution in [3.8, 4) is 17.6 Å². The van der Waals surface area contributed by atoms with Gasteiger partial charge in [0.15, 0.2) is 11.5 Å². The molecule has 0 saturated heterocycles. The zero-order valence-corrected chi connectivity index (χ0v) is 16.8.